The van der Waals surface area contributed by atoms with E-state index in [1.165, 1.54) is 13.8 Å². The predicted octanol–water partition coefficient (Wildman–Crippen LogP) is 4.04. The first-order valence-electron chi connectivity index (χ1n) is 6.40. The van der Waals surface area contributed by atoms with Crippen molar-refractivity contribution in [3.05, 3.63) is 34.9 Å². The number of carbonyl (C=O) groups excluding carboxylic acids is 1. The summed E-state index contributed by atoms with van der Waals surface area (Å²) in [4.78, 5) is 11.9. The molecule has 3 nitrogen and oxygen atoms in total. The highest BCUT2D eigenvalue weighted by Gasteiger charge is 2.38. The molecule has 0 aliphatic heterocycles. The van der Waals surface area contributed by atoms with E-state index < -0.39 is 40.6 Å². The van der Waals surface area contributed by atoms with Crippen molar-refractivity contribution in [2.75, 3.05) is 6.61 Å². The van der Waals surface area contributed by atoms with Crippen LogP contribution in [0.5, 0.6) is 0 Å². The lowest BCUT2D eigenvalue weighted by Gasteiger charge is -2.24. The number of benzene rings is 1. The maximum absolute atomic E-state index is 12.7. The third kappa shape index (κ3) is 5.42. The maximum Gasteiger partial charge on any atom is 0.416 e. The fraction of sp³-hybridized carbons (Fsp3) is 0.500. The Bertz CT molecular complexity index is 543. The Morgan fingerprint density at radius 1 is 1.00 bits per heavy atom. The van der Waals surface area contributed by atoms with Gasteiger partial charge in [-0.1, -0.05) is 0 Å². The van der Waals surface area contributed by atoms with Crippen molar-refractivity contribution >= 4 is 5.97 Å². The van der Waals surface area contributed by atoms with Gasteiger partial charge in [-0.15, -0.1) is 0 Å². The molecule has 0 amide bonds. The summed E-state index contributed by atoms with van der Waals surface area (Å²) < 4.78 is 81.1. The van der Waals surface area contributed by atoms with Crippen molar-refractivity contribution in [1.82, 2.24) is 0 Å². The van der Waals surface area contributed by atoms with Gasteiger partial charge in [-0.25, -0.2) is 4.79 Å². The molecule has 23 heavy (non-hydrogen) atoms. The highest BCUT2D eigenvalue weighted by molar-refractivity contribution is 5.90. The Balaban J connectivity index is 3.27. The van der Waals surface area contributed by atoms with Gasteiger partial charge >= 0.3 is 18.3 Å². The summed E-state index contributed by atoms with van der Waals surface area (Å²) >= 11 is 0. The molecule has 0 unspecified atom stereocenters. The van der Waals surface area contributed by atoms with E-state index in [0.29, 0.717) is 12.1 Å². The first-order valence-corrected chi connectivity index (χ1v) is 6.40. The van der Waals surface area contributed by atoms with Crippen molar-refractivity contribution in [1.29, 1.82) is 0 Å². The number of hydrogen-bond donors (Lipinski definition) is 1. The Morgan fingerprint density at radius 2 is 1.43 bits per heavy atom. The highest BCUT2D eigenvalue weighted by atomic mass is 19.4. The molecule has 0 saturated carbocycles. The fourth-order valence-electron chi connectivity index (χ4n) is 1.70. The van der Waals surface area contributed by atoms with Gasteiger partial charge in [-0.2, -0.15) is 26.3 Å². The summed E-state index contributed by atoms with van der Waals surface area (Å²) in [5.41, 5.74) is -5.30. The Hall–Kier alpha value is -1.77. The van der Waals surface area contributed by atoms with Gasteiger partial charge in [0.25, 0.3) is 0 Å². The van der Waals surface area contributed by atoms with Crippen LogP contribution in [0, 0.1) is 0 Å². The second kappa shape index (κ2) is 6.38. The summed E-state index contributed by atoms with van der Waals surface area (Å²) in [6, 6.07) is 0.523. The van der Waals surface area contributed by atoms with Gasteiger partial charge in [-0.3, -0.25) is 0 Å². The minimum Gasteiger partial charge on any atom is -0.456 e. The normalized spacial score (nSPS) is 13.1. The van der Waals surface area contributed by atoms with E-state index in [1.807, 2.05) is 0 Å². The van der Waals surface area contributed by atoms with Gasteiger partial charge in [-0.05, 0) is 32.0 Å². The highest BCUT2D eigenvalue weighted by Crippen LogP contribution is 2.36. The summed E-state index contributed by atoms with van der Waals surface area (Å²) in [5, 5.41) is 8.80. The second-order valence-corrected chi connectivity index (χ2v) is 5.42. The lowest BCUT2D eigenvalue weighted by atomic mass is 10.0. The van der Waals surface area contributed by atoms with Crippen LogP contribution in [0.1, 0.15) is 41.8 Å². The minimum absolute atomic E-state index is 0.0240. The largest absolute Gasteiger partial charge is 0.456 e. The SMILES string of the molecule is CC(C)(CCO)OC(=O)c1cc(C(F)(F)F)cc(C(F)(F)F)c1. The smallest absolute Gasteiger partial charge is 0.416 e. The standard InChI is InChI=1S/C14H14F6O3/c1-12(2,3-4-21)23-11(22)8-5-9(13(15,16)17)7-10(6-8)14(18,19)20/h5-7,21H,3-4H2,1-2H3. The number of alkyl halides is 6. The Morgan fingerprint density at radius 3 is 1.78 bits per heavy atom. The van der Waals surface area contributed by atoms with Crippen molar-refractivity contribution in [2.45, 2.75) is 38.2 Å². The van der Waals surface area contributed by atoms with Crippen LogP contribution in [0.15, 0.2) is 18.2 Å². The Kier molecular flexibility index (Phi) is 5.35. The summed E-state index contributed by atoms with van der Waals surface area (Å²) in [6.45, 7) is 2.38. The maximum atomic E-state index is 12.7. The molecule has 1 aromatic carbocycles. The summed E-state index contributed by atoms with van der Waals surface area (Å²) in [6.07, 6.45) is -10.1. The van der Waals surface area contributed by atoms with E-state index in [2.05, 4.69) is 0 Å². The van der Waals surface area contributed by atoms with Gasteiger partial charge in [0.05, 0.1) is 16.7 Å². The molecule has 1 aromatic rings. The number of rotatable bonds is 4. The van der Waals surface area contributed by atoms with E-state index in [9.17, 15) is 31.1 Å². The van der Waals surface area contributed by atoms with E-state index in [-0.39, 0.29) is 19.1 Å². The molecular weight excluding hydrogens is 330 g/mol. The van der Waals surface area contributed by atoms with Crippen molar-refractivity contribution in [3.63, 3.8) is 0 Å². The number of hydrogen-bond acceptors (Lipinski definition) is 3. The number of carbonyl (C=O) groups is 1. The van der Waals surface area contributed by atoms with Crippen molar-refractivity contribution in [3.8, 4) is 0 Å². The summed E-state index contributed by atoms with van der Waals surface area (Å²) in [5.74, 6) is -1.33. The van der Waals surface area contributed by atoms with Gasteiger partial charge in [0.15, 0.2) is 0 Å². The van der Waals surface area contributed by atoms with Crippen LogP contribution in [0.4, 0.5) is 26.3 Å². The van der Waals surface area contributed by atoms with Gasteiger partial charge in [0.1, 0.15) is 5.60 Å². The molecule has 0 aliphatic carbocycles. The molecule has 0 aromatic heterocycles. The quantitative estimate of drug-likeness (QED) is 0.662. The molecule has 9 heteroatoms. The fourth-order valence-corrected chi connectivity index (χ4v) is 1.70. The van der Waals surface area contributed by atoms with E-state index in [0.717, 1.165) is 0 Å². The Labute approximate surface area is 127 Å². The molecule has 0 spiro atoms. The number of aliphatic hydroxyl groups excluding tert-OH is 1. The molecule has 0 aliphatic rings. The molecule has 0 fully saturated rings. The molecule has 0 radical (unpaired) electrons. The lowest BCUT2D eigenvalue weighted by molar-refractivity contribution is -0.143. The van der Waals surface area contributed by atoms with Gasteiger partial charge < -0.3 is 9.84 Å². The molecule has 1 rings (SSSR count). The zero-order chi connectivity index (χ0) is 18.1. The number of esters is 1. The monoisotopic (exact) mass is 344 g/mol. The lowest BCUT2D eigenvalue weighted by Crippen LogP contribution is -2.29. The topological polar surface area (TPSA) is 46.5 Å². The zero-order valence-corrected chi connectivity index (χ0v) is 12.2. The van der Waals surface area contributed by atoms with E-state index >= 15 is 0 Å². The van der Waals surface area contributed by atoms with Gasteiger partial charge in [0, 0.05) is 13.0 Å². The van der Waals surface area contributed by atoms with Crippen LogP contribution in [0.2, 0.25) is 0 Å². The average molecular weight is 344 g/mol. The number of ether oxygens (including phenoxy) is 1. The third-order valence-corrected chi connectivity index (χ3v) is 2.91. The number of aliphatic hydroxyl groups is 1. The zero-order valence-electron chi connectivity index (χ0n) is 12.2. The minimum atomic E-state index is -5.04. The number of halogens is 6. The average Bonchev–Trinajstić information content (AvgIpc) is 2.35. The molecule has 0 atom stereocenters. The molecule has 1 N–H and O–H groups in total. The molecular formula is C14H14F6O3. The van der Waals surface area contributed by atoms with Crippen molar-refractivity contribution in [2.24, 2.45) is 0 Å². The van der Waals surface area contributed by atoms with Crippen LogP contribution >= 0.6 is 0 Å². The third-order valence-electron chi connectivity index (χ3n) is 2.91. The molecule has 130 valence electrons. The van der Waals surface area contributed by atoms with Crippen LogP contribution in [-0.4, -0.2) is 23.3 Å². The first kappa shape index (κ1) is 19.3. The molecule has 0 saturated heterocycles. The summed E-state index contributed by atoms with van der Waals surface area (Å²) in [7, 11) is 0. The van der Waals surface area contributed by atoms with Gasteiger partial charge in [0.2, 0.25) is 0 Å². The first-order chi connectivity index (χ1) is 10.3. The molecule has 0 heterocycles. The van der Waals surface area contributed by atoms with E-state index in [1.54, 1.807) is 0 Å². The van der Waals surface area contributed by atoms with Crippen LogP contribution in [0.25, 0.3) is 0 Å². The van der Waals surface area contributed by atoms with E-state index in [4.69, 9.17) is 9.84 Å². The van der Waals surface area contributed by atoms with Crippen LogP contribution in [-0.2, 0) is 17.1 Å². The van der Waals surface area contributed by atoms with Crippen LogP contribution < -0.4 is 0 Å². The van der Waals surface area contributed by atoms with Crippen LogP contribution in [0.3, 0.4) is 0 Å². The predicted molar refractivity (Wildman–Crippen MR) is 67.6 cm³/mol. The second-order valence-electron chi connectivity index (χ2n) is 5.42. The van der Waals surface area contributed by atoms with Crippen molar-refractivity contribution < 1.29 is 41.0 Å². The molecule has 0 bridgehead atoms.